The van der Waals surface area contributed by atoms with Gasteiger partial charge in [0.15, 0.2) is 5.96 Å². The van der Waals surface area contributed by atoms with Crippen molar-refractivity contribution in [2.45, 2.75) is 37.4 Å². The average molecular weight is 449 g/mol. The van der Waals surface area contributed by atoms with Crippen LogP contribution < -0.4 is 38.9 Å². The summed E-state index contributed by atoms with van der Waals surface area (Å²) in [5.41, 5.74) is 21.1. The van der Waals surface area contributed by atoms with E-state index in [-0.39, 0.29) is 31.1 Å². The Hall–Kier alpha value is -3.07. The van der Waals surface area contributed by atoms with Gasteiger partial charge in [0.05, 0.1) is 12.5 Å². The predicted molar refractivity (Wildman–Crippen MR) is 110 cm³/mol. The molecule has 3 unspecified atom stereocenters. The van der Waals surface area contributed by atoms with Gasteiger partial charge in [0, 0.05) is 12.3 Å². The Balaban J connectivity index is 5.27. The molecule has 0 aliphatic rings. The van der Waals surface area contributed by atoms with E-state index in [2.05, 4.69) is 33.6 Å². The second kappa shape index (κ2) is 14.0. The predicted octanol–water partition coefficient (Wildman–Crippen LogP) is -4.66. The Bertz CT molecular complexity index is 670. The summed E-state index contributed by atoms with van der Waals surface area (Å²) in [7, 11) is 0. The molecule has 0 aromatic heterocycles. The zero-order valence-corrected chi connectivity index (χ0v) is 17.1. The SMILES string of the molecule is NC(=O)CC(NC(=O)C(N)CS)C(=O)NC(CCCN=C(N)N)C(=O)NCC(=O)O. The van der Waals surface area contributed by atoms with Gasteiger partial charge in [-0.15, -0.1) is 0 Å². The van der Waals surface area contributed by atoms with Crippen molar-refractivity contribution >= 4 is 48.2 Å². The lowest BCUT2D eigenvalue weighted by Crippen LogP contribution is -2.57. The molecule has 0 radical (unpaired) electrons. The van der Waals surface area contributed by atoms with Crippen molar-refractivity contribution < 1.29 is 29.1 Å². The van der Waals surface area contributed by atoms with E-state index >= 15 is 0 Å². The lowest BCUT2D eigenvalue weighted by molar-refractivity contribution is -0.138. The van der Waals surface area contributed by atoms with Crippen molar-refractivity contribution in [2.75, 3.05) is 18.8 Å². The highest BCUT2D eigenvalue weighted by Gasteiger charge is 2.29. The number of amides is 4. The largest absolute Gasteiger partial charge is 0.480 e. The summed E-state index contributed by atoms with van der Waals surface area (Å²) < 4.78 is 0. The zero-order chi connectivity index (χ0) is 23.3. The number of carboxylic acid groups (broad SMARTS) is 1. The second-order valence-corrected chi connectivity index (χ2v) is 6.51. The van der Waals surface area contributed by atoms with Gasteiger partial charge in [-0.25, -0.2) is 0 Å². The van der Waals surface area contributed by atoms with Crippen LogP contribution in [0.4, 0.5) is 0 Å². The molecule has 0 saturated carbocycles. The maximum absolute atomic E-state index is 12.6. The molecule has 0 spiro atoms. The van der Waals surface area contributed by atoms with E-state index in [1.165, 1.54) is 0 Å². The Morgan fingerprint density at radius 1 is 0.967 bits per heavy atom. The van der Waals surface area contributed by atoms with Gasteiger partial charge >= 0.3 is 5.97 Å². The highest BCUT2D eigenvalue weighted by molar-refractivity contribution is 7.80. The molecule has 0 saturated heterocycles. The fourth-order valence-electron chi connectivity index (χ4n) is 2.10. The van der Waals surface area contributed by atoms with Crippen LogP contribution in [0.1, 0.15) is 19.3 Å². The van der Waals surface area contributed by atoms with Gasteiger partial charge in [-0.05, 0) is 12.8 Å². The quantitative estimate of drug-likeness (QED) is 0.0534. The number of thiol groups is 1. The normalized spacial score (nSPS) is 13.3. The number of hydrogen-bond acceptors (Lipinski definition) is 8. The first-order valence-electron chi connectivity index (χ1n) is 8.78. The third-order valence-electron chi connectivity index (χ3n) is 3.56. The van der Waals surface area contributed by atoms with Crippen molar-refractivity contribution in [3.63, 3.8) is 0 Å². The minimum absolute atomic E-state index is 0.0121. The molecule has 0 aromatic rings. The molecule has 3 atom stereocenters. The number of nitrogens with zero attached hydrogens (tertiary/aromatic N) is 1. The Morgan fingerprint density at radius 3 is 2.07 bits per heavy atom. The van der Waals surface area contributed by atoms with Gasteiger partial charge in [-0.1, -0.05) is 0 Å². The number of carbonyl (C=O) groups excluding carboxylic acids is 4. The van der Waals surface area contributed by atoms with Gasteiger partial charge in [0.25, 0.3) is 0 Å². The molecule has 0 aliphatic carbocycles. The molecular weight excluding hydrogens is 420 g/mol. The maximum atomic E-state index is 12.6. The summed E-state index contributed by atoms with van der Waals surface area (Å²) in [5.74, 6) is -4.75. The summed E-state index contributed by atoms with van der Waals surface area (Å²) >= 11 is 3.88. The zero-order valence-electron chi connectivity index (χ0n) is 16.2. The number of primary amides is 1. The number of carbonyl (C=O) groups is 5. The standard InChI is InChI=1S/C15H28N8O6S/c16-7(6-30)12(27)23-9(4-10(17)24)14(29)22-8(2-1-3-20-15(18)19)13(28)21-5-11(25)26/h7-9,30H,1-6,16H2,(H2,17,24)(H,21,28)(H,22,29)(H,23,27)(H,25,26)(H4,18,19,20). The van der Waals surface area contributed by atoms with Crippen LogP contribution in [0.2, 0.25) is 0 Å². The van der Waals surface area contributed by atoms with E-state index in [1.807, 2.05) is 0 Å². The maximum Gasteiger partial charge on any atom is 0.322 e. The Labute approximate surface area is 178 Å². The van der Waals surface area contributed by atoms with E-state index in [0.717, 1.165) is 0 Å². The van der Waals surface area contributed by atoms with E-state index < -0.39 is 60.7 Å². The molecule has 0 bridgehead atoms. The summed E-state index contributed by atoms with van der Waals surface area (Å²) in [6, 6.07) is -3.61. The second-order valence-electron chi connectivity index (χ2n) is 6.14. The number of rotatable bonds is 14. The van der Waals surface area contributed by atoms with Gasteiger partial charge in [-0.3, -0.25) is 29.0 Å². The molecular formula is C15H28N8O6S. The van der Waals surface area contributed by atoms with E-state index in [0.29, 0.717) is 0 Å². The van der Waals surface area contributed by atoms with Crippen molar-refractivity contribution in [3.05, 3.63) is 0 Å². The van der Waals surface area contributed by atoms with Crippen LogP contribution in [0.5, 0.6) is 0 Å². The van der Waals surface area contributed by atoms with Gasteiger partial charge in [0.1, 0.15) is 18.6 Å². The molecule has 4 amide bonds. The summed E-state index contributed by atoms with van der Waals surface area (Å²) in [5, 5.41) is 15.5. The monoisotopic (exact) mass is 448 g/mol. The van der Waals surface area contributed by atoms with Crippen LogP contribution in [-0.4, -0.2) is 77.6 Å². The summed E-state index contributed by atoms with van der Waals surface area (Å²) in [4.78, 5) is 62.4. The van der Waals surface area contributed by atoms with Crippen molar-refractivity contribution in [1.29, 1.82) is 0 Å². The topological polar surface area (TPSA) is 258 Å². The molecule has 12 N–H and O–H groups in total. The molecule has 0 aliphatic heterocycles. The number of hydrogen-bond donors (Lipinski definition) is 9. The van der Waals surface area contributed by atoms with Gasteiger partial charge < -0.3 is 44.0 Å². The smallest absolute Gasteiger partial charge is 0.322 e. The Kier molecular flexibility index (Phi) is 12.6. The summed E-state index contributed by atoms with van der Waals surface area (Å²) in [6.07, 6.45) is -0.240. The molecule has 170 valence electrons. The first-order valence-corrected chi connectivity index (χ1v) is 9.41. The number of aliphatic carboxylic acids is 1. The van der Waals surface area contributed by atoms with E-state index in [1.54, 1.807) is 0 Å². The number of aliphatic imine (C=N–C) groups is 1. The van der Waals surface area contributed by atoms with Crippen LogP contribution >= 0.6 is 12.6 Å². The first kappa shape index (κ1) is 26.9. The van der Waals surface area contributed by atoms with Crippen LogP contribution in [0.25, 0.3) is 0 Å². The van der Waals surface area contributed by atoms with Crippen LogP contribution in [0.15, 0.2) is 4.99 Å². The number of nitrogens with one attached hydrogen (secondary N) is 3. The lowest BCUT2D eigenvalue weighted by Gasteiger charge is -2.23. The molecule has 30 heavy (non-hydrogen) atoms. The fraction of sp³-hybridized carbons (Fsp3) is 0.600. The minimum Gasteiger partial charge on any atom is -0.480 e. The number of carboxylic acids is 1. The van der Waals surface area contributed by atoms with Crippen LogP contribution in [0, 0.1) is 0 Å². The van der Waals surface area contributed by atoms with Gasteiger partial charge in [0.2, 0.25) is 23.6 Å². The highest BCUT2D eigenvalue weighted by Crippen LogP contribution is 2.02. The third-order valence-corrected chi connectivity index (χ3v) is 3.96. The number of nitrogens with two attached hydrogens (primary N) is 4. The van der Waals surface area contributed by atoms with Crippen LogP contribution in [-0.2, 0) is 24.0 Å². The van der Waals surface area contributed by atoms with Crippen LogP contribution in [0.3, 0.4) is 0 Å². The molecule has 0 aromatic carbocycles. The molecule has 0 fully saturated rings. The molecule has 0 heterocycles. The van der Waals surface area contributed by atoms with E-state index in [9.17, 15) is 24.0 Å². The molecule has 15 heteroatoms. The Morgan fingerprint density at radius 2 is 1.57 bits per heavy atom. The lowest BCUT2D eigenvalue weighted by atomic mass is 10.1. The minimum atomic E-state index is -1.39. The van der Waals surface area contributed by atoms with Gasteiger partial charge in [-0.2, -0.15) is 12.6 Å². The fourth-order valence-corrected chi connectivity index (χ4v) is 2.27. The molecule has 0 rings (SSSR count). The summed E-state index contributed by atoms with van der Waals surface area (Å²) in [6.45, 7) is -0.517. The average Bonchev–Trinajstić information content (AvgIpc) is 2.66. The third kappa shape index (κ3) is 11.7. The van der Waals surface area contributed by atoms with Crippen molar-refractivity contribution in [3.8, 4) is 0 Å². The molecule has 14 nitrogen and oxygen atoms in total. The first-order chi connectivity index (χ1) is 14.0. The highest BCUT2D eigenvalue weighted by atomic mass is 32.1. The number of guanidine groups is 1. The van der Waals surface area contributed by atoms with Crippen molar-refractivity contribution in [1.82, 2.24) is 16.0 Å². The van der Waals surface area contributed by atoms with Crippen molar-refractivity contribution in [2.24, 2.45) is 27.9 Å². The van der Waals surface area contributed by atoms with E-state index in [4.69, 9.17) is 28.0 Å².